The molecule has 18 heavy (non-hydrogen) atoms. The molecule has 0 spiro atoms. The van der Waals surface area contributed by atoms with Crippen molar-refractivity contribution in [1.29, 1.82) is 0 Å². The molecule has 0 aromatic carbocycles. The first-order chi connectivity index (χ1) is 8.52. The second-order valence-electron chi connectivity index (χ2n) is 3.84. The molecule has 96 valence electrons. The van der Waals surface area contributed by atoms with Crippen molar-refractivity contribution in [2.75, 3.05) is 5.32 Å². The van der Waals surface area contributed by atoms with Gasteiger partial charge in [0.05, 0.1) is 10.7 Å². The van der Waals surface area contributed by atoms with Crippen LogP contribution in [0, 0.1) is 13.8 Å². The topological polar surface area (TPSA) is 73.0 Å². The maximum absolute atomic E-state index is 12.1. The van der Waals surface area contributed by atoms with Gasteiger partial charge in [0.2, 0.25) is 0 Å². The van der Waals surface area contributed by atoms with Crippen molar-refractivity contribution in [2.24, 2.45) is 0 Å². The molecule has 0 saturated heterocycles. The summed E-state index contributed by atoms with van der Waals surface area (Å²) in [6.45, 7) is 5.95. The van der Waals surface area contributed by atoms with Gasteiger partial charge in [-0.2, -0.15) is 5.10 Å². The number of halogens is 1. The molecular weight excluding hydrogens is 256 g/mol. The molecule has 2 rings (SSSR count). The van der Waals surface area contributed by atoms with Crippen LogP contribution in [0.1, 0.15) is 28.9 Å². The lowest BCUT2D eigenvalue weighted by atomic mass is 10.3. The van der Waals surface area contributed by atoms with E-state index >= 15 is 0 Å². The zero-order valence-electron chi connectivity index (χ0n) is 10.3. The Bertz CT molecular complexity index is 588. The molecule has 0 aliphatic carbocycles. The highest BCUT2D eigenvalue weighted by atomic mass is 35.5. The van der Waals surface area contributed by atoms with Crippen LogP contribution in [0.3, 0.4) is 0 Å². The fourth-order valence-electron chi connectivity index (χ4n) is 1.61. The number of nitrogens with zero attached hydrogens (tertiary/aromatic N) is 3. The molecule has 0 fully saturated rings. The van der Waals surface area contributed by atoms with Crippen LogP contribution >= 0.6 is 11.6 Å². The average molecular weight is 269 g/mol. The second-order valence-corrected chi connectivity index (χ2v) is 4.22. The van der Waals surface area contributed by atoms with Gasteiger partial charge in [-0.15, -0.1) is 0 Å². The molecule has 1 N–H and O–H groups in total. The Morgan fingerprint density at radius 3 is 2.83 bits per heavy atom. The molecule has 0 aliphatic rings. The molecule has 7 heteroatoms. The minimum absolute atomic E-state index is 0.331. The molecule has 0 saturated carbocycles. The predicted molar refractivity (Wildman–Crippen MR) is 66.8 cm³/mol. The monoisotopic (exact) mass is 268 g/mol. The third kappa shape index (κ3) is 2.24. The van der Waals surface area contributed by atoms with Gasteiger partial charge in [0.1, 0.15) is 11.5 Å². The molecule has 2 aromatic rings. The van der Waals surface area contributed by atoms with Crippen molar-refractivity contribution in [3.05, 3.63) is 28.2 Å². The van der Waals surface area contributed by atoms with Gasteiger partial charge in [0.15, 0.2) is 5.82 Å². The lowest BCUT2D eigenvalue weighted by Crippen LogP contribution is -2.18. The molecule has 2 aromatic heterocycles. The Morgan fingerprint density at radius 1 is 1.56 bits per heavy atom. The number of anilines is 1. The van der Waals surface area contributed by atoms with Gasteiger partial charge >= 0.3 is 0 Å². The molecule has 1 amide bonds. The van der Waals surface area contributed by atoms with Gasteiger partial charge in [-0.3, -0.25) is 9.48 Å². The van der Waals surface area contributed by atoms with E-state index in [1.807, 2.05) is 6.92 Å². The van der Waals surface area contributed by atoms with E-state index in [1.165, 1.54) is 0 Å². The Balaban J connectivity index is 2.28. The molecule has 0 aliphatic heterocycles. The number of amides is 1. The lowest BCUT2D eigenvalue weighted by molar-refractivity contribution is 0.101. The molecule has 0 atom stereocenters. The SMILES string of the molecule is CCn1nc(C)c(Cl)c1C(=O)Nc1cc(C)on1. The number of nitrogens with one attached hydrogen (secondary N) is 1. The maximum Gasteiger partial charge on any atom is 0.276 e. The highest BCUT2D eigenvalue weighted by Crippen LogP contribution is 2.21. The number of carbonyl (C=O) groups excluding carboxylic acids is 1. The van der Waals surface area contributed by atoms with Crippen LogP contribution in [-0.4, -0.2) is 20.8 Å². The Morgan fingerprint density at radius 2 is 2.28 bits per heavy atom. The number of carbonyl (C=O) groups is 1. The summed E-state index contributed by atoms with van der Waals surface area (Å²) in [5.74, 6) is 0.627. The van der Waals surface area contributed by atoms with Gasteiger partial charge in [0, 0.05) is 12.6 Å². The molecule has 6 nitrogen and oxygen atoms in total. The summed E-state index contributed by atoms with van der Waals surface area (Å²) < 4.78 is 6.43. The van der Waals surface area contributed by atoms with E-state index in [4.69, 9.17) is 16.1 Å². The molecule has 0 bridgehead atoms. The Hall–Kier alpha value is -1.82. The highest BCUT2D eigenvalue weighted by Gasteiger charge is 2.20. The normalized spacial score (nSPS) is 10.7. The molecule has 0 radical (unpaired) electrons. The molecule has 0 unspecified atom stereocenters. The van der Waals surface area contributed by atoms with E-state index in [9.17, 15) is 4.79 Å². The standard InChI is InChI=1S/C11H13ClN4O2/c1-4-16-10(9(12)7(3)14-16)11(17)13-8-5-6(2)18-15-8/h5H,4H2,1-3H3,(H,13,15,17). The van der Waals surface area contributed by atoms with Crippen LogP contribution in [0.25, 0.3) is 0 Å². The first-order valence-corrected chi connectivity index (χ1v) is 5.88. The number of rotatable bonds is 3. The zero-order chi connectivity index (χ0) is 13.3. The fourth-order valence-corrected chi connectivity index (χ4v) is 1.83. The van der Waals surface area contributed by atoms with Crippen LogP contribution in [0.2, 0.25) is 5.02 Å². The van der Waals surface area contributed by atoms with Gasteiger partial charge < -0.3 is 9.84 Å². The van der Waals surface area contributed by atoms with E-state index in [-0.39, 0.29) is 5.91 Å². The maximum atomic E-state index is 12.1. The van der Waals surface area contributed by atoms with E-state index in [2.05, 4.69) is 15.6 Å². The van der Waals surface area contributed by atoms with Crippen molar-refractivity contribution in [3.8, 4) is 0 Å². The van der Waals surface area contributed by atoms with Crippen molar-refractivity contribution in [3.63, 3.8) is 0 Å². The highest BCUT2D eigenvalue weighted by molar-refractivity contribution is 6.34. The van der Waals surface area contributed by atoms with Gasteiger partial charge in [0.25, 0.3) is 5.91 Å². The first kappa shape index (κ1) is 12.6. The predicted octanol–water partition coefficient (Wildman–Crippen LogP) is 2.41. The van der Waals surface area contributed by atoms with Crippen molar-refractivity contribution in [2.45, 2.75) is 27.3 Å². The third-order valence-electron chi connectivity index (χ3n) is 2.44. The number of aryl methyl sites for hydroxylation is 3. The lowest BCUT2D eigenvalue weighted by Gasteiger charge is -2.04. The smallest absolute Gasteiger partial charge is 0.276 e. The summed E-state index contributed by atoms with van der Waals surface area (Å²) >= 11 is 6.07. The first-order valence-electron chi connectivity index (χ1n) is 5.50. The van der Waals surface area contributed by atoms with Crippen LogP contribution in [-0.2, 0) is 6.54 Å². The number of hydrogen-bond donors (Lipinski definition) is 1. The number of aromatic nitrogens is 3. The summed E-state index contributed by atoms with van der Waals surface area (Å²) in [7, 11) is 0. The summed E-state index contributed by atoms with van der Waals surface area (Å²) in [4.78, 5) is 12.1. The summed E-state index contributed by atoms with van der Waals surface area (Å²) in [5, 5.41) is 10.8. The zero-order valence-corrected chi connectivity index (χ0v) is 11.1. The second kappa shape index (κ2) is 4.81. The van der Waals surface area contributed by atoms with Crippen LogP contribution in [0.4, 0.5) is 5.82 Å². The van der Waals surface area contributed by atoms with Crippen LogP contribution in [0.15, 0.2) is 10.6 Å². The fraction of sp³-hybridized carbons (Fsp3) is 0.364. The third-order valence-corrected chi connectivity index (χ3v) is 2.89. The van der Waals surface area contributed by atoms with Crippen molar-refractivity contribution in [1.82, 2.24) is 14.9 Å². The molecule has 2 heterocycles. The van der Waals surface area contributed by atoms with Crippen LogP contribution in [0.5, 0.6) is 0 Å². The van der Waals surface area contributed by atoms with E-state index < -0.39 is 0 Å². The summed E-state index contributed by atoms with van der Waals surface area (Å²) in [6, 6.07) is 1.63. The number of hydrogen-bond acceptors (Lipinski definition) is 4. The largest absolute Gasteiger partial charge is 0.360 e. The van der Waals surface area contributed by atoms with Gasteiger partial charge in [-0.1, -0.05) is 16.8 Å². The van der Waals surface area contributed by atoms with Crippen LogP contribution < -0.4 is 5.32 Å². The summed E-state index contributed by atoms with van der Waals surface area (Å²) in [6.07, 6.45) is 0. The molecular formula is C11H13ClN4O2. The van der Waals surface area contributed by atoms with E-state index in [1.54, 1.807) is 24.6 Å². The minimum Gasteiger partial charge on any atom is -0.360 e. The van der Waals surface area contributed by atoms with Gasteiger partial charge in [-0.25, -0.2) is 0 Å². The van der Waals surface area contributed by atoms with Crippen molar-refractivity contribution >= 4 is 23.3 Å². The van der Waals surface area contributed by atoms with E-state index in [0.717, 1.165) is 0 Å². The van der Waals surface area contributed by atoms with Gasteiger partial charge in [-0.05, 0) is 20.8 Å². The Kier molecular flexibility index (Phi) is 3.38. The minimum atomic E-state index is -0.351. The van der Waals surface area contributed by atoms with Crippen molar-refractivity contribution < 1.29 is 9.32 Å². The quantitative estimate of drug-likeness (QED) is 0.928. The average Bonchev–Trinajstić information content (AvgIpc) is 2.84. The Labute approximate surface area is 109 Å². The van der Waals surface area contributed by atoms with E-state index in [0.29, 0.717) is 34.5 Å². The summed E-state index contributed by atoms with van der Waals surface area (Å²) in [5.41, 5.74) is 0.956.